The second kappa shape index (κ2) is 4.39. The molecule has 1 aromatic carbocycles. The van der Waals surface area contributed by atoms with Gasteiger partial charge in [-0.3, -0.25) is 0 Å². The van der Waals surface area contributed by atoms with E-state index in [4.69, 9.17) is 14.6 Å². The minimum absolute atomic E-state index is 0.510. The van der Waals surface area contributed by atoms with Crippen LogP contribution in [0.5, 0.6) is 5.75 Å². The lowest BCUT2D eigenvalue weighted by Gasteiger charge is -2.16. The van der Waals surface area contributed by atoms with Crippen molar-refractivity contribution in [2.45, 2.75) is 31.7 Å². The number of hydrogen-bond donors (Lipinski definition) is 3. The first-order valence-electron chi connectivity index (χ1n) is 5.01. The Labute approximate surface area is 92.9 Å². The predicted octanol–water partition coefficient (Wildman–Crippen LogP) is -0.230. The average molecular weight is 226 g/mol. The first kappa shape index (κ1) is 11.3. The SMILES string of the molecule is Cc1ccc(OC2OC(O)C(O)C2O)cc1. The van der Waals surface area contributed by atoms with Crippen LogP contribution < -0.4 is 4.74 Å². The van der Waals surface area contributed by atoms with E-state index in [0.29, 0.717) is 5.75 Å². The lowest BCUT2D eigenvalue weighted by atomic mass is 10.2. The second-order valence-corrected chi connectivity index (χ2v) is 3.81. The summed E-state index contributed by atoms with van der Waals surface area (Å²) < 4.78 is 10.1. The van der Waals surface area contributed by atoms with Crippen LogP contribution in [0, 0.1) is 6.92 Å². The molecule has 0 radical (unpaired) electrons. The molecule has 0 aliphatic carbocycles. The fraction of sp³-hybridized carbons (Fsp3) is 0.455. The molecule has 1 saturated heterocycles. The normalized spacial score (nSPS) is 34.0. The highest BCUT2D eigenvalue weighted by atomic mass is 16.8. The number of aliphatic hydroxyl groups is 3. The predicted molar refractivity (Wildman–Crippen MR) is 54.7 cm³/mol. The van der Waals surface area contributed by atoms with E-state index in [1.54, 1.807) is 12.1 Å². The molecule has 2 rings (SSSR count). The van der Waals surface area contributed by atoms with E-state index in [-0.39, 0.29) is 0 Å². The highest BCUT2D eigenvalue weighted by Gasteiger charge is 2.43. The Morgan fingerprint density at radius 3 is 2.19 bits per heavy atom. The quantitative estimate of drug-likeness (QED) is 0.649. The molecular formula is C11H14O5. The zero-order chi connectivity index (χ0) is 11.7. The summed E-state index contributed by atoms with van der Waals surface area (Å²) in [7, 11) is 0. The number of aliphatic hydroxyl groups excluding tert-OH is 3. The van der Waals surface area contributed by atoms with Crippen LogP contribution in [-0.4, -0.2) is 40.1 Å². The maximum Gasteiger partial charge on any atom is 0.231 e. The van der Waals surface area contributed by atoms with Gasteiger partial charge in [-0.25, -0.2) is 0 Å². The van der Waals surface area contributed by atoms with Crippen molar-refractivity contribution in [3.8, 4) is 5.75 Å². The summed E-state index contributed by atoms with van der Waals surface area (Å²) in [5, 5.41) is 27.9. The van der Waals surface area contributed by atoms with E-state index in [2.05, 4.69) is 0 Å². The van der Waals surface area contributed by atoms with Gasteiger partial charge in [0.1, 0.15) is 18.0 Å². The van der Waals surface area contributed by atoms with Gasteiger partial charge >= 0.3 is 0 Å². The van der Waals surface area contributed by atoms with Crippen molar-refractivity contribution in [1.82, 2.24) is 0 Å². The second-order valence-electron chi connectivity index (χ2n) is 3.81. The maximum absolute atomic E-state index is 9.48. The maximum atomic E-state index is 9.48. The van der Waals surface area contributed by atoms with Gasteiger partial charge in [0.2, 0.25) is 6.29 Å². The van der Waals surface area contributed by atoms with Crippen LogP contribution >= 0.6 is 0 Å². The van der Waals surface area contributed by atoms with Gasteiger partial charge in [0.05, 0.1) is 0 Å². The number of ether oxygens (including phenoxy) is 2. The van der Waals surface area contributed by atoms with Crippen molar-refractivity contribution in [3.63, 3.8) is 0 Å². The van der Waals surface area contributed by atoms with Crippen molar-refractivity contribution in [2.75, 3.05) is 0 Å². The molecule has 16 heavy (non-hydrogen) atoms. The Bertz CT molecular complexity index is 350. The largest absolute Gasteiger partial charge is 0.462 e. The molecule has 1 heterocycles. The van der Waals surface area contributed by atoms with Crippen LogP contribution in [0.4, 0.5) is 0 Å². The van der Waals surface area contributed by atoms with Crippen LogP contribution in [0.1, 0.15) is 5.56 Å². The third kappa shape index (κ3) is 2.17. The molecule has 0 spiro atoms. The van der Waals surface area contributed by atoms with Crippen LogP contribution in [0.3, 0.4) is 0 Å². The molecule has 1 aromatic rings. The van der Waals surface area contributed by atoms with E-state index in [1.165, 1.54) is 0 Å². The third-order valence-electron chi connectivity index (χ3n) is 2.47. The zero-order valence-corrected chi connectivity index (χ0v) is 8.78. The van der Waals surface area contributed by atoms with Crippen molar-refractivity contribution in [3.05, 3.63) is 29.8 Å². The van der Waals surface area contributed by atoms with Gasteiger partial charge in [-0.05, 0) is 19.1 Å². The molecule has 88 valence electrons. The molecule has 4 atom stereocenters. The number of rotatable bonds is 2. The Hall–Kier alpha value is -1.14. The summed E-state index contributed by atoms with van der Waals surface area (Å²) in [6.45, 7) is 1.94. The summed E-state index contributed by atoms with van der Waals surface area (Å²) in [6.07, 6.45) is -5.05. The number of benzene rings is 1. The van der Waals surface area contributed by atoms with Crippen LogP contribution in [0.25, 0.3) is 0 Å². The Morgan fingerprint density at radius 2 is 1.69 bits per heavy atom. The molecular weight excluding hydrogens is 212 g/mol. The molecule has 1 aliphatic rings. The van der Waals surface area contributed by atoms with E-state index < -0.39 is 24.8 Å². The van der Waals surface area contributed by atoms with Crippen LogP contribution in [0.2, 0.25) is 0 Å². The minimum atomic E-state index is -1.41. The topological polar surface area (TPSA) is 79.2 Å². The fourth-order valence-electron chi connectivity index (χ4n) is 1.48. The first-order valence-corrected chi connectivity index (χ1v) is 5.01. The monoisotopic (exact) mass is 226 g/mol. The smallest absolute Gasteiger partial charge is 0.231 e. The molecule has 4 unspecified atom stereocenters. The van der Waals surface area contributed by atoms with Crippen molar-refractivity contribution in [2.24, 2.45) is 0 Å². The lowest BCUT2D eigenvalue weighted by molar-refractivity contribution is -0.171. The van der Waals surface area contributed by atoms with Crippen molar-refractivity contribution in [1.29, 1.82) is 0 Å². The molecule has 3 N–H and O–H groups in total. The minimum Gasteiger partial charge on any atom is -0.462 e. The summed E-state index contributed by atoms with van der Waals surface area (Å²) in [6, 6.07) is 7.15. The Morgan fingerprint density at radius 1 is 1.06 bits per heavy atom. The zero-order valence-electron chi connectivity index (χ0n) is 8.78. The molecule has 5 heteroatoms. The van der Waals surface area contributed by atoms with E-state index in [9.17, 15) is 10.2 Å². The van der Waals surface area contributed by atoms with Gasteiger partial charge in [0.25, 0.3) is 0 Å². The van der Waals surface area contributed by atoms with Crippen LogP contribution in [-0.2, 0) is 4.74 Å². The van der Waals surface area contributed by atoms with Gasteiger partial charge in [0.15, 0.2) is 6.29 Å². The molecule has 0 amide bonds. The summed E-state index contributed by atoms with van der Waals surface area (Å²) >= 11 is 0. The van der Waals surface area contributed by atoms with Crippen LogP contribution in [0.15, 0.2) is 24.3 Å². The molecule has 0 bridgehead atoms. The van der Waals surface area contributed by atoms with Crippen molar-refractivity contribution < 1.29 is 24.8 Å². The number of aryl methyl sites for hydroxylation is 1. The molecule has 1 fully saturated rings. The molecule has 1 aliphatic heterocycles. The van der Waals surface area contributed by atoms with E-state index in [0.717, 1.165) is 5.56 Å². The Balaban J connectivity index is 2.03. The van der Waals surface area contributed by atoms with Gasteiger partial charge in [-0.2, -0.15) is 0 Å². The summed E-state index contributed by atoms with van der Waals surface area (Å²) in [5.41, 5.74) is 1.08. The molecule has 0 saturated carbocycles. The van der Waals surface area contributed by atoms with Gasteiger partial charge in [-0.1, -0.05) is 17.7 Å². The number of hydrogen-bond acceptors (Lipinski definition) is 5. The molecule has 5 nitrogen and oxygen atoms in total. The third-order valence-corrected chi connectivity index (χ3v) is 2.47. The summed E-state index contributed by atoms with van der Waals surface area (Å²) in [5.74, 6) is 0.510. The fourth-order valence-corrected chi connectivity index (χ4v) is 1.48. The van der Waals surface area contributed by atoms with Gasteiger partial charge < -0.3 is 24.8 Å². The van der Waals surface area contributed by atoms with Gasteiger partial charge in [0, 0.05) is 0 Å². The highest BCUT2D eigenvalue weighted by molar-refractivity contribution is 5.26. The first-order chi connectivity index (χ1) is 7.58. The van der Waals surface area contributed by atoms with Crippen molar-refractivity contribution >= 4 is 0 Å². The highest BCUT2D eigenvalue weighted by Crippen LogP contribution is 2.23. The average Bonchev–Trinajstić information content (AvgIpc) is 2.50. The lowest BCUT2D eigenvalue weighted by Crippen LogP contribution is -2.34. The molecule has 0 aromatic heterocycles. The van der Waals surface area contributed by atoms with Gasteiger partial charge in [-0.15, -0.1) is 0 Å². The Kier molecular flexibility index (Phi) is 3.11. The summed E-state index contributed by atoms with van der Waals surface area (Å²) in [4.78, 5) is 0. The van der Waals surface area contributed by atoms with E-state index in [1.807, 2.05) is 19.1 Å². The standard InChI is InChI=1S/C11H14O5/c1-6-2-4-7(5-3-6)15-11-9(13)8(12)10(14)16-11/h2-5,8-14H,1H3. The van der Waals surface area contributed by atoms with E-state index >= 15 is 0 Å².